The molecule has 0 unspecified atom stereocenters. The zero-order valence-electron chi connectivity index (χ0n) is 12.9. The molecule has 6 heteroatoms. The highest BCUT2D eigenvalue weighted by atomic mass is 32.1. The minimum Gasteiger partial charge on any atom is -0.355 e. The van der Waals surface area contributed by atoms with Crippen molar-refractivity contribution in [2.24, 2.45) is 5.10 Å². The molecule has 0 saturated carbocycles. The van der Waals surface area contributed by atoms with Crippen molar-refractivity contribution in [3.05, 3.63) is 58.3 Å². The lowest BCUT2D eigenvalue weighted by Crippen LogP contribution is -2.28. The first kappa shape index (κ1) is 16.9. The van der Waals surface area contributed by atoms with E-state index in [4.69, 9.17) is 0 Å². The van der Waals surface area contributed by atoms with Crippen LogP contribution in [0.4, 0.5) is 0 Å². The number of hydrazone groups is 1. The Kier molecular flexibility index (Phi) is 6.50. The molecule has 1 aromatic carbocycles. The topological polar surface area (TPSA) is 70.6 Å². The predicted molar refractivity (Wildman–Crippen MR) is 92.7 cm³/mol. The molecule has 1 heterocycles. The van der Waals surface area contributed by atoms with Gasteiger partial charge in [-0.2, -0.15) is 5.10 Å². The van der Waals surface area contributed by atoms with E-state index in [0.717, 1.165) is 6.42 Å². The molecule has 23 heavy (non-hydrogen) atoms. The second-order valence-corrected chi connectivity index (χ2v) is 5.98. The Balaban J connectivity index is 1.69. The van der Waals surface area contributed by atoms with Gasteiger partial charge in [0.25, 0.3) is 5.91 Å². The van der Waals surface area contributed by atoms with Crippen LogP contribution < -0.4 is 10.7 Å². The molecule has 1 aromatic heterocycles. The molecule has 2 N–H and O–H groups in total. The lowest BCUT2D eigenvalue weighted by molar-refractivity contribution is -0.119. The van der Waals surface area contributed by atoms with E-state index in [1.807, 2.05) is 35.7 Å². The molecule has 2 rings (SSSR count). The van der Waals surface area contributed by atoms with Gasteiger partial charge in [-0.05, 0) is 30.4 Å². The third kappa shape index (κ3) is 6.04. The number of rotatable bonds is 7. The Morgan fingerprint density at radius 1 is 1.13 bits per heavy atom. The number of benzene rings is 1. The molecule has 0 bridgehead atoms. The van der Waals surface area contributed by atoms with Gasteiger partial charge in [0, 0.05) is 12.3 Å². The molecule has 120 valence electrons. The van der Waals surface area contributed by atoms with E-state index in [0.29, 0.717) is 17.1 Å². The van der Waals surface area contributed by atoms with Gasteiger partial charge >= 0.3 is 0 Å². The van der Waals surface area contributed by atoms with Gasteiger partial charge in [0.15, 0.2) is 0 Å². The lowest BCUT2D eigenvalue weighted by Gasteiger charge is -2.05. The molecule has 2 aromatic rings. The fourth-order valence-corrected chi connectivity index (χ4v) is 2.55. The molecule has 0 aliphatic rings. The molecule has 0 saturated heterocycles. The van der Waals surface area contributed by atoms with E-state index >= 15 is 0 Å². The molecule has 2 amide bonds. The second-order valence-electron chi connectivity index (χ2n) is 5.03. The Labute approximate surface area is 139 Å². The van der Waals surface area contributed by atoms with Crippen LogP contribution in [0.15, 0.2) is 52.9 Å². The van der Waals surface area contributed by atoms with Crippen LogP contribution in [0.2, 0.25) is 0 Å². The van der Waals surface area contributed by atoms with Crippen molar-refractivity contribution in [3.8, 4) is 0 Å². The van der Waals surface area contributed by atoms with Crippen LogP contribution in [0.3, 0.4) is 0 Å². The first-order chi connectivity index (χ1) is 11.1. The quantitative estimate of drug-likeness (QED) is 0.605. The number of hydrogen-bond acceptors (Lipinski definition) is 4. The lowest BCUT2D eigenvalue weighted by atomic mass is 10.1. The van der Waals surface area contributed by atoms with Gasteiger partial charge in [0.05, 0.1) is 11.3 Å². The molecule has 5 nitrogen and oxygen atoms in total. The number of nitrogens with one attached hydrogen (secondary N) is 2. The molecule has 0 aliphatic carbocycles. The number of thiophene rings is 1. The summed E-state index contributed by atoms with van der Waals surface area (Å²) in [5, 5.41) is 8.62. The summed E-state index contributed by atoms with van der Waals surface area (Å²) < 4.78 is 0. The molecule has 0 aliphatic heterocycles. The van der Waals surface area contributed by atoms with Crippen molar-refractivity contribution in [3.63, 3.8) is 0 Å². The van der Waals surface area contributed by atoms with Gasteiger partial charge in [-0.1, -0.05) is 36.4 Å². The van der Waals surface area contributed by atoms with E-state index in [1.54, 1.807) is 19.1 Å². The van der Waals surface area contributed by atoms with Crippen molar-refractivity contribution in [1.82, 2.24) is 10.7 Å². The van der Waals surface area contributed by atoms with Gasteiger partial charge in [-0.25, -0.2) is 5.43 Å². The minimum atomic E-state index is -0.260. The smallest absolute Gasteiger partial charge is 0.281 e. The van der Waals surface area contributed by atoms with Crippen LogP contribution >= 0.6 is 11.3 Å². The number of amides is 2. The molecular weight excluding hydrogens is 310 g/mol. The largest absolute Gasteiger partial charge is 0.355 e. The van der Waals surface area contributed by atoms with Gasteiger partial charge in [-0.3, -0.25) is 9.59 Å². The fourth-order valence-electron chi connectivity index (χ4n) is 1.93. The third-order valence-electron chi connectivity index (χ3n) is 3.09. The van der Waals surface area contributed by atoms with Crippen LogP contribution in [-0.4, -0.2) is 24.1 Å². The second kappa shape index (κ2) is 8.85. The van der Waals surface area contributed by atoms with Crippen LogP contribution in [0, 0.1) is 0 Å². The van der Waals surface area contributed by atoms with Crippen molar-refractivity contribution >= 4 is 28.9 Å². The maximum absolute atomic E-state index is 11.8. The number of carbonyl (C=O) groups excluding carboxylic acids is 2. The van der Waals surface area contributed by atoms with Gasteiger partial charge in [0.1, 0.15) is 0 Å². The highest BCUT2D eigenvalue weighted by Gasteiger charge is 2.07. The first-order valence-corrected chi connectivity index (χ1v) is 8.21. The summed E-state index contributed by atoms with van der Waals surface area (Å²) in [6.45, 7) is 2.29. The summed E-state index contributed by atoms with van der Waals surface area (Å²) in [6.07, 6.45) is 0.956. The Morgan fingerprint density at radius 2 is 1.91 bits per heavy atom. The summed E-state index contributed by atoms with van der Waals surface area (Å²) in [4.78, 5) is 24.1. The van der Waals surface area contributed by atoms with Crippen molar-refractivity contribution in [1.29, 1.82) is 0 Å². The Bertz CT molecular complexity index is 666. The molecule has 0 atom stereocenters. The number of hydrogen-bond donors (Lipinski definition) is 2. The summed E-state index contributed by atoms with van der Waals surface area (Å²) >= 11 is 1.35. The average Bonchev–Trinajstić information content (AvgIpc) is 3.08. The first-order valence-electron chi connectivity index (χ1n) is 7.33. The van der Waals surface area contributed by atoms with Crippen LogP contribution in [0.5, 0.6) is 0 Å². The SMILES string of the molecule is CC(CC(=O)NCCc1ccccc1)=NNC(=O)c1cccs1. The standard InChI is InChI=1S/C17H19N3O2S/c1-13(19-20-17(22)15-8-5-11-23-15)12-16(21)18-10-9-14-6-3-2-4-7-14/h2-8,11H,9-10,12H2,1H3,(H,18,21)(H,20,22). The maximum Gasteiger partial charge on any atom is 0.281 e. The predicted octanol–water partition coefficient (Wildman–Crippen LogP) is 2.60. The summed E-state index contributed by atoms with van der Waals surface area (Å²) in [6, 6.07) is 13.5. The summed E-state index contributed by atoms with van der Waals surface area (Å²) in [5.41, 5.74) is 4.20. The van der Waals surface area contributed by atoms with Crippen LogP contribution in [0.1, 0.15) is 28.6 Å². The maximum atomic E-state index is 11.8. The van der Waals surface area contributed by atoms with Crippen LogP contribution in [-0.2, 0) is 11.2 Å². The summed E-state index contributed by atoms with van der Waals surface area (Å²) in [7, 11) is 0. The Hall–Kier alpha value is -2.47. The van der Waals surface area contributed by atoms with Crippen molar-refractivity contribution in [2.45, 2.75) is 19.8 Å². The normalized spacial score (nSPS) is 11.1. The molecule has 0 radical (unpaired) electrons. The van der Waals surface area contributed by atoms with Gasteiger partial charge < -0.3 is 5.32 Å². The average molecular weight is 329 g/mol. The zero-order chi connectivity index (χ0) is 16.5. The highest BCUT2D eigenvalue weighted by molar-refractivity contribution is 7.12. The zero-order valence-corrected chi connectivity index (χ0v) is 13.7. The third-order valence-corrected chi connectivity index (χ3v) is 3.96. The van der Waals surface area contributed by atoms with Gasteiger partial charge in [-0.15, -0.1) is 11.3 Å². The highest BCUT2D eigenvalue weighted by Crippen LogP contribution is 2.07. The van der Waals surface area contributed by atoms with E-state index in [1.165, 1.54) is 16.9 Å². The van der Waals surface area contributed by atoms with E-state index in [2.05, 4.69) is 15.8 Å². The Morgan fingerprint density at radius 3 is 2.61 bits per heavy atom. The minimum absolute atomic E-state index is 0.104. The summed E-state index contributed by atoms with van der Waals surface area (Å²) in [5.74, 6) is -0.364. The van der Waals surface area contributed by atoms with E-state index < -0.39 is 0 Å². The number of nitrogens with zero attached hydrogens (tertiary/aromatic N) is 1. The van der Waals surface area contributed by atoms with Crippen LogP contribution in [0.25, 0.3) is 0 Å². The fraction of sp³-hybridized carbons (Fsp3) is 0.235. The molecule has 0 fully saturated rings. The monoisotopic (exact) mass is 329 g/mol. The van der Waals surface area contributed by atoms with E-state index in [9.17, 15) is 9.59 Å². The van der Waals surface area contributed by atoms with Crippen molar-refractivity contribution < 1.29 is 9.59 Å². The molecule has 0 spiro atoms. The van der Waals surface area contributed by atoms with Crippen molar-refractivity contribution in [2.75, 3.05) is 6.54 Å². The molecular formula is C17H19N3O2S. The van der Waals surface area contributed by atoms with E-state index in [-0.39, 0.29) is 18.2 Å². The number of carbonyl (C=O) groups is 2. The van der Waals surface area contributed by atoms with Gasteiger partial charge in [0.2, 0.25) is 5.91 Å².